The number of hydrogen-bond acceptors (Lipinski definition) is 2. The molecule has 0 unspecified atom stereocenters. The molecule has 0 saturated carbocycles. The Morgan fingerprint density at radius 1 is 1.29 bits per heavy atom. The van der Waals surface area contributed by atoms with E-state index < -0.39 is 23.2 Å². The highest BCUT2D eigenvalue weighted by Gasteiger charge is 2.19. The van der Waals surface area contributed by atoms with E-state index in [1.165, 1.54) is 6.26 Å². The Balaban J connectivity index is 3.28. The van der Waals surface area contributed by atoms with E-state index >= 15 is 0 Å². The van der Waals surface area contributed by atoms with Crippen molar-refractivity contribution >= 4 is 11.8 Å². The van der Waals surface area contributed by atoms with Crippen LogP contribution in [0.1, 0.15) is 6.92 Å². The molecule has 5 heteroatoms. The molecule has 0 aliphatic rings. The molecule has 1 rings (SSSR count). The van der Waals surface area contributed by atoms with E-state index in [0.29, 0.717) is 6.07 Å². The van der Waals surface area contributed by atoms with Crippen LogP contribution in [0.2, 0.25) is 0 Å². The number of rotatable bonds is 3. The number of hydrogen-bond donors (Lipinski definition) is 0. The fraction of sp³-hybridized carbons (Fsp3) is 0.333. The molecule has 14 heavy (non-hydrogen) atoms. The lowest BCUT2D eigenvalue weighted by Gasteiger charge is -2.09. The Bertz CT molecular complexity index is 341. The fourth-order valence-corrected chi connectivity index (χ4v) is 1.54. The molecule has 0 N–H and O–H groups in total. The van der Waals surface area contributed by atoms with Crippen LogP contribution in [-0.4, -0.2) is 12.9 Å². The highest BCUT2D eigenvalue weighted by atomic mass is 32.2. The van der Waals surface area contributed by atoms with Gasteiger partial charge in [-0.2, -0.15) is 0 Å². The molecule has 1 nitrogen and oxygen atoms in total. The van der Waals surface area contributed by atoms with Gasteiger partial charge >= 0.3 is 0 Å². The van der Waals surface area contributed by atoms with E-state index in [9.17, 15) is 13.2 Å². The fourth-order valence-electron chi connectivity index (χ4n) is 1.02. The lowest BCUT2D eigenvalue weighted by Crippen LogP contribution is -2.01. The molecule has 1 aromatic carbocycles. The summed E-state index contributed by atoms with van der Waals surface area (Å²) in [4.78, 5) is -0.227. The summed E-state index contributed by atoms with van der Waals surface area (Å²) in [7, 11) is 0. The maximum absolute atomic E-state index is 13.4. The molecule has 0 spiro atoms. The summed E-state index contributed by atoms with van der Waals surface area (Å²) < 4.78 is 44.1. The lowest BCUT2D eigenvalue weighted by molar-refractivity contribution is 0.296. The van der Waals surface area contributed by atoms with Gasteiger partial charge in [0.25, 0.3) is 0 Å². The first-order valence-corrected chi connectivity index (χ1v) is 5.18. The average Bonchev–Trinajstić information content (AvgIpc) is 2.12. The van der Waals surface area contributed by atoms with Gasteiger partial charge in [0.1, 0.15) is 5.82 Å². The van der Waals surface area contributed by atoms with Crippen molar-refractivity contribution in [2.24, 2.45) is 0 Å². The van der Waals surface area contributed by atoms with Crippen molar-refractivity contribution in [3.8, 4) is 5.75 Å². The van der Waals surface area contributed by atoms with Crippen LogP contribution >= 0.6 is 11.8 Å². The Morgan fingerprint density at radius 3 is 2.43 bits per heavy atom. The second-order valence-corrected chi connectivity index (χ2v) is 3.27. The van der Waals surface area contributed by atoms with Crippen LogP contribution in [0.15, 0.2) is 11.0 Å². The van der Waals surface area contributed by atoms with Gasteiger partial charge in [-0.25, -0.2) is 13.2 Å². The Kier molecular flexibility index (Phi) is 3.69. The van der Waals surface area contributed by atoms with Crippen LogP contribution in [-0.2, 0) is 0 Å². The smallest absolute Gasteiger partial charge is 0.192 e. The third kappa shape index (κ3) is 1.97. The first-order chi connectivity index (χ1) is 6.61. The summed E-state index contributed by atoms with van der Waals surface area (Å²) in [5.74, 6) is -3.41. The maximum Gasteiger partial charge on any atom is 0.192 e. The molecule has 0 atom stereocenters. The van der Waals surface area contributed by atoms with E-state index in [1.807, 2.05) is 0 Å². The average molecular weight is 222 g/mol. The van der Waals surface area contributed by atoms with Gasteiger partial charge in [-0.3, -0.25) is 0 Å². The van der Waals surface area contributed by atoms with Crippen LogP contribution in [0.5, 0.6) is 5.75 Å². The zero-order valence-corrected chi connectivity index (χ0v) is 8.55. The molecular formula is C9H9F3OS. The van der Waals surface area contributed by atoms with Gasteiger partial charge in [0.05, 0.1) is 11.5 Å². The predicted molar refractivity (Wildman–Crippen MR) is 49.3 cm³/mol. The zero-order valence-electron chi connectivity index (χ0n) is 7.73. The second-order valence-electron chi connectivity index (χ2n) is 2.45. The monoisotopic (exact) mass is 222 g/mol. The van der Waals surface area contributed by atoms with Gasteiger partial charge in [-0.1, -0.05) is 0 Å². The minimum Gasteiger partial charge on any atom is -0.488 e. The normalized spacial score (nSPS) is 10.4. The lowest BCUT2D eigenvalue weighted by atomic mass is 10.3. The topological polar surface area (TPSA) is 9.23 Å². The summed E-state index contributed by atoms with van der Waals surface area (Å²) in [6, 6.07) is 0.625. The van der Waals surface area contributed by atoms with Crippen LogP contribution in [0.4, 0.5) is 13.2 Å². The molecule has 0 bridgehead atoms. The van der Waals surface area contributed by atoms with Crippen molar-refractivity contribution in [1.82, 2.24) is 0 Å². The number of ether oxygens (including phenoxy) is 1. The van der Waals surface area contributed by atoms with Gasteiger partial charge in [-0.15, -0.1) is 11.8 Å². The van der Waals surface area contributed by atoms with Crippen molar-refractivity contribution in [3.05, 3.63) is 23.5 Å². The van der Waals surface area contributed by atoms with Crippen LogP contribution < -0.4 is 4.74 Å². The minimum absolute atomic E-state index is 0.132. The first-order valence-electron chi connectivity index (χ1n) is 3.96. The zero-order chi connectivity index (χ0) is 10.7. The standard InChI is InChI=1S/C9H9F3OS/c1-3-13-8-5(10)4-6(11)9(14-2)7(8)12/h4H,3H2,1-2H3. The third-order valence-corrected chi connectivity index (χ3v) is 2.36. The summed E-state index contributed by atoms with van der Waals surface area (Å²) >= 11 is 0.874. The molecule has 0 aromatic heterocycles. The Hall–Kier alpha value is -0.840. The molecule has 1 aromatic rings. The van der Waals surface area contributed by atoms with E-state index in [-0.39, 0.29) is 11.5 Å². The molecule has 0 aliphatic carbocycles. The summed E-state index contributed by atoms with van der Waals surface area (Å²) in [6.07, 6.45) is 1.51. The third-order valence-electron chi connectivity index (χ3n) is 1.58. The molecule has 0 saturated heterocycles. The van der Waals surface area contributed by atoms with Gasteiger partial charge < -0.3 is 4.74 Å². The molecule has 78 valence electrons. The van der Waals surface area contributed by atoms with Crippen molar-refractivity contribution in [1.29, 1.82) is 0 Å². The SMILES string of the molecule is CCOc1c(F)cc(F)c(SC)c1F. The van der Waals surface area contributed by atoms with Crippen molar-refractivity contribution < 1.29 is 17.9 Å². The number of benzene rings is 1. The predicted octanol–water partition coefficient (Wildman–Crippen LogP) is 3.22. The second kappa shape index (κ2) is 4.59. The van der Waals surface area contributed by atoms with Gasteiger partial charge in [-0.05, 0) is 13.2 Å². The molecule has 0 aliphatic heterocycles. The summed E-state index contributed by atoms with van der Waals surface area (Å²) in [5.41, 5.74) is 0. The first kappa shape index (κ1) is 11.2. The van der Waals surface area contributed by atoms with Crippen molar-refractivity contribution in [3.63, 3.8) is 0 Å². The van der Waals surface area contributed by atoms with Crippen molar-refractivity contribution in [2.75, 3.05) is 12.9 Å². The summed E-state index contributed by atoms with van der Waals surface area (Å²) in [6.45, 7) is 1.73. The van der Waals surface area contributed by atoms with Gasteiger partial charge in [0.2, 0.25) is 0 Å². The van der Waals surface area contributed by atoms with E-state index in [4.69, 9.17) is 4.74 Å². The molecule has 0 heterocycles. The van der Waals surface area contributed by atoms with E-state index in [2.05, 4.69) is 0 Å². The van der Waals surface area contributed by atoms with Crippen LogP contribution in [0.3, 0.4) is 0 Å². The quantitative estimate of drug-likeness (QED) is 0.726. The van der Waals surface area contributed by atoms with Crippen LogP contribution in [0.25, 0.3) is 0 Å². The molecule has 0 fully saturated rings. The van der Waals surface area contributed by atoms with Crippen LogP contribution in [0, 0.1) is 17.5 Å². The Labute approximate surface area is 84.3 Å². The molecular weight excluding hydrogens is 213 g/mol. The van der Waals surface area contributed by atoms with Gasteiger partial charge in [0.15, 0.2) is 17.4 Å². The molecule has 0 radical (unpaired) electrons. The number of thioether (sulfide) groups is 1. The van der Waals surface area contributed by atoms with E-state index in [1.54, 1.807) is 6.92 Å². The number of halogens is 3. The summed E-state index contributed by atoms with van der Waals surface area (Å²) in [5, 5.41) is 0. The highest BCUT2D eigenvalue weighted by Crippen LogP contribution is 2.32. The van der Waals surface area contributed by atoms with Gasteiger partial charge in [0, 0.05) is 6.07 Å². The highest BCUT2D eigenvalue weighted by molar-refractivity contribution is 7.98. The molecule has 0 amide bonds. The van der Waals surface area contributed by atoms with E-state index in [0.717, 1.165) is 11.8 Å². The largest absolute Gasteiger partial charge is 0.488 e. The van der Waals surface area contributed by atoms with Crippen molar-refractivity contribution in [2.45, 2.75) is 11.8 Å². The minimum atomic E-state index is -1.01. The maximum atomic E-state index is 13.4. The Morgan fingerprint density at radius 2 is 1.93 bits per heavy atom.